The second-order valence-corrected chi connectivity index (χ2v) is 4.70. The lowest BCUT2D eigenvalue weighted by molar-refractivity contribution is 0.0516. The fourth-order valence-corrected chi connectivity index (χ4v) is 1.58. The molecule has 0 atom stereocenters. The Kier molecular flexibility index (Phi) is 6.06. The monoisotopic (exact) mass is 313 g/mol. The zero-order valence-corrected chi connectivity index (χ0v) is 11.4. The van der Waals surface area contributed by atoms with E-state index in [4.69, 9.17) is 46.4 Å². The number of rotatable bonds is 4. The van der Waals surface area contributed by atoms with Crippen molar-refractivity contribution in [1.82, 2.24) is 0 Å². The van der Waals surface area contributed by atoms with E-state index in [2.05, 4.69) is 9.99 Å². The zero-order valence-electron chi connectivity index (χ0n) is 8.37. The van der Waals surface area contributed by atoms with Gasteiger partial charge in [0.05, 0.1) is 11.4 Å². The molecule has 0 aliphatic heterocycles. The van der Waals surface area contributed by atoms with Crippen LogP contribution in [0.1, 0.15) is 10.4 Å². The van der Waals surface area contributed by atoms with Gasteiger partial charge in [0.2, 0.25) is 0 Å². The van der Waals surface area contributed by atoms with E-state index in [1.165, 1.54) is 12.1 Å². The van der Waals surface area contributed by atoms with E-state index < -0.39 is 10.8 Å². The minimum atomic E-state index is -0.912. The number of nitrogens with zero attached hydrogens (tertiary/aromatic N) is 1. The number of hydrogen-bond acceptors (Lipinski definition) is 3. The van der Waals surface area contributed by atoms with E-state index in [9.17, 15) is 4.79 Å². The van der Waals surface area contributed by atoms with Crippen molar-refractivity contribution in [3.05, 3.63) is 34.9 Å². The first-order valence-corrected chi connectivity index (χ1v) is 6.21. The highest BCUT2D eigenvalue weighted by atomic mass is 35.5. The average Bonchev–Trinajstić information content (AvgIpc) is 2.30. The van der Waals surface area contributed by atoms with Gasteiger partial charge in [-0.1, -0.05) is 40.0 Å². The largest absolute Gasteiger partial charge is 0.365 e. The molecule has 0 amide bonds. The van der Waals surface area contributed by atoms with Crippen molar-refractivity contribution in [1.29, 1.82) is 0 Å². The second-order valence-electron chi connectivity index (χ2n) is 2.90. The molecule has 17 heavy (non-hydrogen) atoms. The Hall–Kier alpha value is -0.480. The molecular formula is C10H7Cl4NO2. The normalized spacial score (nSPS) is 11.7. The first-order valence-electron chi connectivity index (χ1n) is 4.42. The van der Waals surface area contributed by atoms with Gasteiger partial charge in [0.15, 0.2) is 0 Å². The van der Waals surface area contributed by atoms with E-state index in [1.54, 1.807) is 12.1 Å². The van der Waals surface area contributed by atoms with Gasteiger partial charge >= 0.3 is 5.97 Å². The van der Waals surface area contributed by atoms with Crippen LogP contribution in [0.5, 0.6) is 0 Å². The van der Waals surface area contributed by atoms with Crippen molar-refractivity contribution in [2.75, 3.05) is 5.88 Å². The van der Waals surface area contributed by atoms with Crippen molar-refractivity contribution < 1.29 is 9.63 Å². The second kappa shape index (κ2) is 7.07. The number of oxime groups is 1. The molecule has 1 aromatic rings. The number of benzene rings is 1. The van der Waals surface area contributed by atoms with Crippen LogP contribution < -0.4 is 0 Å². The van der Waals surface area contributed by atoms with Crippen LogP contribution in [0.2, 0.25) is 5.02 Å². The van der Waals surface area contributed by atoms with Gasteiger partial charge in [-0.2, -0.15) is 0 Å². The quantitative estimate of drug-likeness (QED) is 0.366. The molecule has 0 fully saturated rings. The summed E-state index contributed by atoms with van der Waals surface area (Å²) in [7, 11) is 0. The molecule has 0 aliphatic rings. The molecule has 0 bridgehead atoms. The standard InChI is InChI=1S/C10H7Cl4NO2/c11-5-8(9(13)14)15-17-10(16)6-1-3-7(12)4-2-6/h1-4,9H,5H2. The summed E-state index contributed by atoms with van der Waals surface area (Å²) in [6.45, 7) is 0. The third-order valence-corrected chi connectivity index (χ3v) is 2.74. The molecule has 0 saturated carbocycles. The Labute approximate surface area is 118 Å². The van der Waals surface area contributed by atoms with Gasteiger partial charge < -0.3 is 4.84 Å². The maximum Gasteiger partial charge on any atom is 0.365 e. The third kappa shape index (κ3) is 4.72. The predicted molar refractivity (Wildman–Crippen MR) is 70.5 cm³/mol. The van der Waals surface area contributed by atoms with Crippen molar-refractivity contribution in [3.8, 4) is 0 Å². The van der Waals surface area contributed by atoms with E-state index in [-0.39, 0.29) is 11.6 Å². The molecule has 3 nitrogen and oxygen atoms in total. The summed E-state index contributed by atoms with van der Waals surface area (Å²) in [5, 5.41) is 4.00. The molecule has 0 heterocycles. The highest BCUT2D eigenvalue weighted by Crippen LogP contribution is 2.11. The van der Waals surface area contributed by atoms with Crippen molar-refractivity contribution in [2.24, 2.45) is 5.16 Å². The summed E-state index contributed by atoms with van der Waals surface area (Å²) < 4.78 is 0. The van der Waals surface area contributed by atoms with Crippen LogP contribution in [0.4, 0.5) is 0 Å². The number of hydrogen-bond donors (Lipinski definition) is 0. The Morgan fingerprint density at radius 3 is 2.35 bits per heavy atom. The van der Waals surface area contributed by atoms with Gasteiger partial charge in [0.25, 0.3) is 0 Å². The Balaban J connectivity index is 2.70. The Morgan fingerprint density at radius 1 is 1.29 bits per heavy atom. The highest BCUT2D eigenvalue weighted by molar-refractivity contribution is 6.56. The molecule has 0 aromatic heterocycles. The number of carbonyl (C=O) groups excluding carboxylic acids is 1. The van der Waals surface area contributed by atoms with Crippen LogP contribution in [-0.2, 0) is 4.84 Å². The number of carbonyl (C=O) groups is 1. The summed E-state index contributed by atoms with van der Waals surface area (Å²) in [5.41, 5.74) is 0.477. The van der Waals surface area contributed by atoms with Gasteiger partial charge in [-0.25, -0.2) is 4.79 Å². The number of alkyl halides is 3. The summed E-state index contributed by atoms with van der Waals surface area (Å²) in [5.74, 6) is -0.663. The Morgan fingerprint density at radius 2 is 1.88 bits per heavy atom. The van der Waals surface area contributed by atoms with E-state index in [0.29, 0.717) is 10.6 Å². The summed E-state index contributed by atoms with van der Waals surface area (Å²) in [4.78, 5) is 15.2. The van der Waals surface area contributed by atoms with Crippen LogP contribution in [-0.4, -0.2) is 22.4 Å². The van der Waals surface area contributed by atoms with Crippen LogP contribution in [0.25, 0.3) is 0 Å². The van der Waals surface area contributed by atoms with Gasteiger partial charge in [0.1, 0.15) is 10.5 Å². The molecule has 0 radical (unpaired) electrons. The van der Waals surface area contributed by atoms with Crippen molar-refractivity contribution in [2.45, 2.75) is 4.84 Å². The topological polar surface area (TPSA) is 38.7 Å². The van der Waals surface area contributed by atoms with Crippen LogP contribution in [0, 0.1) is 0 Å². The third-order valence-electron chi connectivity index (χ3n) is 1.71. The highest BCUT2D eigenvalue weighted by Gasteiger charge is 2.11. The molecule has 1 aromatic carbocycles. The first-order chi connectivity index (χ1) is 8.04. The summed E-state index contributed by atoms with van der Waals surface area (Å²) in [6.07, 6.45) is 0. The fourth-order valence-electron chi connectivity index (χ4n) is 0.861. The molecule has 0 spiro atoms. The minimum absolute atomic E-state index is 0.0223. The molecule has 7 heteroatoms. The maximum atomic E-state index is 11.5. The predicted octanol–water partition coefficient (Wildman–Crippen LogP) is 3.90. The summed E-state index contributed by atoms with van der Waals surface area (Å²) in [6, 6.07) is 6.16. The molecule has 0 aliphatic carbocycles. The lowest BCUT2D eigenvalue weighted by atomic mass is 10.2. The lowest BCUT2D eigenvalue weighted by Gasteiger charge is -2.02. The van der Waals surface area contributed by atoms with Crippen molar-refractivity contribution >= 4 is 58.1 Å². The average molecular weight is 315 g/mol. The van der Waals surface area contributed by atoms with Gasteiger partial charge in [0, 0.05) is 5.02 Å². The van der Waals surface area contributed by atoms with E-state index >= 15 is 0 Å². The smallest absolute Gasteiger partial charge is 0.313 e. The first kappa shape index (κ1) is 14.6. The minimum Gasteiger partial charge on any atom is -0.313 e. The molecular weight excluding hydrogens is 308 g/mol. The van der Waals surface area contributed by atoms with Crippen LogP contribution >= 0.6 is 46.4 Å². The SMILES string of the molecule is O=C(ON=C(CCl)C(Cl)Cl)c1ccc(Cl)cc1. The van der Waals surface area contributed by atoms with Crippen LogP contribution in [0.3, 0.4) is 0 Å². The van der Waals surface area contributed by atoms with E-state index in [0.717, 1.165) is 0 Å². The molecule has 92 valence electrons. The maximum absolute atomic E-state index is 11.5. The van der Waals surface area contributed by atoms with Gasteiger partial charge in [-0.05, 0) is 24.3 Å². The van der Waals surface area contributed by atoms with Crippen molar-refractivity contribution in [3.63, 3.8) is 0 Å². The van der Waals surface area contributed by atoms with Gasteiger partial charge in [-0.15, -0.1) is 11.6 Å². The zero-order chi connectivity index (χ0) is 12.8. The molecule has 0 saturated heterocycles. The Bertz CT molecular complexity index is 417. The molecule has 0 unspecified atom stereocenters. The lowest BCUT2D eigenvalue weighted by Crippen LogP contribution is -2.12. The fraction of sp³-hybridized carbons (Fsp3) is 0.200. The van der Waals surface area contributed by atoms with Gasteiger partial charge in [-0.3, -0.25) is 0 Å². The molecule has 1 rings (SSSR count). The van der Waals surface area contributed by atoms with Crippen LogP contribution in [0.15, 0.2) is 29.4 Å². The summed E-state index contributed by atoms with van der Waals surface area (Å²) >= 11 is 22.3. The number of halogens is 4. The van der Waals surface area contributed by atoms with E-state index in [1.807, 2.05) is 0 Å². The molecule has 0 N–H and O–H groups in total.